The van der Waals surface area contributed by atoms with Crippen LogP contribution >= 0.6 is 7.75 Å². The molecule has 1 aliphatic rings. The van der Waals surface area contributed by atoms with Crippen LogP contribution in [-0.4, -0.2) is 46.5 Å². The van der Waals surface area contributed by atoms with Crippen LogP contribution in [0.4, 0.5) is 4.39 Å². The van der Waals surface area contributed by atoms with E-state index in [0.29, 0.717) is 6.42 Å². The van der Waals surface area contributed by atoms with Crippen molar-refractivity contribution in [2.75, 3.05) is 13.2 Å². The largest absolute Gasteiger partial charge is 0.465 e. The number of rotatable bonds is 11. The predicted molar refractivity (Wildman–Crippen MR) is 124 cm³/mol. The zero-order valence-electron chi connectivity index (χ0n) is 19.6. The van der Waals surface area contributed by atoms with E-state index in [0.717, 1.165) is 16.8 Å². The van der Waals surface area contributed by atoms with E-state index in [1.807, 2.05) is 6.92 Å². The number of ether oxygens (including phenoxy) is 2. The molecule has 1 fully saturated rings. The molecule has 3 rings (SSSR count). The Bertz CT molecular complexity index is 1170. The summed E-state index contributed by atoms with van der Waals surface area (Å²) in [7, 11) is -4.15. The molecule has 0 amide bonds. The van der Waals surface area contributed by atoms with Crippen molar-refractivity contribution in [2.24, 2.45) is 0 Å². The standard InChI is InChI=1S/C22H29FN3O8P/c1-4-12-31-19(28)15(2)25-35(30,34-16-8-6-5-7-9-16)32-14-17-13-22(3,23)20(33-17)26-11-10-18(27)24-21(26)29/h5-11,15,17,20H,4,12-14H2,1-3H3,(H,25,30)(H,24,27,29)/t15?,17-,20+,22+,35?/m0/s1. The highest BCUT2D eigenvalue weighted by Gasteiger charge is 2.48. The molecule has 0 saturated carbocycles. The van der Waals surface area contributed by atoms with Crippen LogP contribution in [0, 0.1) is 0 Å². The van der Waals surface area contributed by atoms with Gasteiger partial charge < -0.3 is 14.0 Å². The lowest BCUT2D eigenvalue weighted by molar-refractivity contribution is -0.145. The summed E-state index contributed by atoms with van der Waals surface area (Å²) < 4.78 is 51.6. The summed E-state index contributed by atoms with van der Waals surface area (Å²) in [6.07, 6.45) is -0.686. The lowest BCUT2D eigenvalue weighted by Gasteiger charge is -2.24. The van der Waals surface area contributed by atoms with Crippen molar-refractivity contribution in [1.29, 1.82) is 0 Å². The van der Waals surface area contributed by atoms with Crippen LogP contribution in [0.25, 0.3) is 0 Å². The van der Waals surface area contributed by atoms with E-state index in [4.69, 9.17) is 18.5 Å². The fraction of sp³-hybridized carbons (Fsp3) is 0.500. The van der Waals surface area contributed by atoms with Gasteiger partial charge in [-0.15, -0.1) is 0 Å². The lowest BCUT2D eigenvalue weighted by atomic mass is 10.0. The first kappa shape index (κ1) is 26.8. The third-order valence-corrected chi connectivity index (χ3v) is 6.76. The van der Waals surface area contributed by atoms with E-state index in [9.17, 15) is 18.9 Å². The van der Waals surface area contributed by atoms with Gasteiger partial charge in [0.05, 0.1) is 19.3 Å². The second-order valence-corrected chi connectivity index (χ2v) is 10.0. The highest BCUT2D eigenvalue weighted by Crippen LogP contribution is 2.47. The first-order chi connectivity index (χ1) is 16.5. The fourth-order valence-electron chi connectivity index (χ4n) is 3.49. The number of para-hydroxylation sites is 1. The molecular formula is C22H29FN3O8P. The van der Waals surface area contributed by atoms with Gasteiger partial charge in [0, 0.05) is 18.7 Å². The SMILES string of the molecule is CCCOC(=O)C(C)NP(=O)(OC[C@@H]1C[C@@](C)(F)[C@H](n2ccc(=O)[nH]c2=O)O1)Oc1ccccc1. The number of benzene rings is 1. The van der Waals surface area contributed by atoms with E-state index < -0.39 is 49.0 Å². The second-order valence-electron chi connectivity index (χ2n) is 8.33. The van der Waals surface area contributed by atoms with Crippen LogP contribution in [0.3, 0.4) is 0 Å². The molecule has 0 aliphatic carbocycles. The molecule has 0 spiro atoms. The van der Waals surface area contributed by atoms with Gasteiger partial charge in [0.15, 0.2) is 11.9 Å². The highest BCUT2D eigenvalue weighted by molar-refractivity contribution is 7.52. The predicted octanol–water partition coefficient (Wildman–Crippen LogP) is 2.69. The number of hydrogen-bond donors (Lipinski definition) is 2. The molecule has 11 nitrogen and oxygen atoms in total. The van der Waals surface area contributed by atoms with Crippen LogP contribution in [0.15, 0.2) is 52.2 Å². The minimum atomic E-state index is -4.15. The molecule has 1 aliphatic heterocycles. The Morgan fingerprint density at radius 3 is 2.71 bits per heavy atom. The summed E-state index contributed by atoms with van der Waals surface area (Å²) >= 11 is 0. The molecule has 2 N–H and O–H groups in total. The fourth-order valence-corrected chi connectivity index (χ4v) is 5.01. The van der Waals surface area contributed by atoms with Crippen LogP contribution in [0.2, 0.25) is 0 Å². The third kappa shape index (κ3) is 7.11. The minimum Gasteiger partial charge on any atom is -0.465 e. The zero-order valence-corrected chi connectivity index (χ0v) is 20.5. The van der Waals surface area contributed by atoms with Gasteiger partial charge in [-0.2, -0.15) is 5.09 Å². The number of esters is 1. The maximum atomic E-state index is 15.3. The van der Waals surface area contributed by atoms with Gasteiger partial charge in [-0.1, -0.05) is 25.1 Å². The van der Waals surface area contributed by atoms with Crippen molar-refractivity contribution >= 4 is 13.7 Å². The molecule has 0 radical (unpaired) electrons. The molecule has 35 heavy (non-hydrogen) atoms. The number of aromatic nitrogens is 2. The Balaban J connectivity index is 1.73. The molecule has 0 bridgehead atoms. The number of halogens is 1. The molecule has 1 aromatic heterocycles. The molecule has 5 atom stereocenters. The quantitative estimate of drug-likeness (QED) is 0.343. The van der Waals surface area contributed by atoms with Crippen LogP contribution in [0.5, 0.6) is 5.75 Å². The number of carbonyl (C=O) groups excluding carboxylic acids is 1. The topological polar surface area (TPSA) is 138 Å². The van der Waals surface area contributed by atoms with Crippen LogP contribution in [-0.2, 0) is 23.4 Å². The van der Waals surface area contributed by atoms with Crippen molar-refractivity contribution < 1.29 is 32.3 Å². The molecule has 2 heterocycles. The lowest BCUT2D eigenvalue weighted by Crippen LogP contribution is -2.38. The average molecular weight is 513 g/mol. The van der Waals surface area contributed by atoms with Gasteiger partial charge in [0.2, 0.25) is 0 Å². The Kier molecular flexibility index (Phi) is 8.65. The molecular weight excluding hydrogens is 484 g/mol. The Labute approximate surface area is 201 Å². The Morgan fingerprint density at radius 1 is 1.34 bits per heavy atom. The summed E-state index contributed by atoms with van der Waals surface area (Å²) in [6, 6.07) is 8.24. The third-order valence-electron chi connectivity index (χ3n) is 5.12. The van der Waals surface area contributed by atoms with E-state index in [1.165, 1.54) is 13.8 Å². The smallest absolute Gasteiger partial charge is 0.459 e. The van der Waals surface area contributed by atoms with E-state index in [-0.39, 0.29) is 25.4 Å². The normalized spacial score (nSPS) is 24.5. The van der Waals surface area contributed by atoms with Crippen LogP contribution < -0.4 is 20.9 Å². The molecule has 1 saturated heterocycles. The van der Waals surface area contributed by atoms with Gasteiger partial charge in [0.25, 0.3) is 5.56 Å². The summed E-state index contributed by atoms with van der Waals surface area (Å²) in [5.74, 6) is -0.420. The van der Waals surface area contributed by atoms with E-state index in [2.05, 4.69) is 10.1 Å². The van der Waals surface area contributed by atoms with Gasteiger partial charge in [-0.05, 0) is 32.4 Å². The number of nitrogens with one attached hydrogen (secondary N) is 2. The molecule has 2 aromatic rings. The Hall–Kier alpha value is -2.79. The number of H-pyrrole nitrogens is 1. The minimum absolute atomic E-state index is 0.192. The van der Waals surface area contributed by atoms with E-state index in [1.54, 1.807) is 30.3 Å². The number of nitrogens with zero attached hydrogens (tertiary/aromatic N) is 1. The van der Waals surface area contributed by atoms with Gasteiger partial charge in [-0.25, -0.2) is 13.8 Å². The molecule has 192 valence electrons. The van der Waals surface area contributed by atoms with Crippen molar-refractivity contribution in [2.45, 2.75) is 57.7 Å². The van der Waals surface area contributed by atoms with E-state index >= 15 is 4.39 Å². The van der Waals surface area contributed by atoms with Gasteiger partial charge >= 0.3 is 19.4 Å². The average Bonchev–Trinajstić information content (AvgIpc) is 3.10. The van der Waals surface area contributed by atoms with Gasteiger partial charge in [0.1, 0.15) is 11.8 Å². The van der Waals surface area contributed by atoms with Gasteiger partial charge in [-0.3, -0.25) is 23.7 Å². The van der Waals surface area contributed by atoms with Crippen molar-refractivity contribution in [3.8, 4) is 5.75 Å². The summed E-state index contributed by atoms with van der Waals surface area (Å²) in [5.41, 5.74) is -3.45. The first-order valence-corrected chi connectivity index (χ1v) is 12.7. The molecule has 13 heteroatoms. The maximum absolute atomic E-state index is 15.3. The van der Waals surface area contributed by atoms with Crippen molar-refractivity contribution in [3.63, 3.8) is 0 Å². The highest BCUT2D eigenvalue weighted by atomic mass is 31.2. The number of carbonyl (C=O) groups is 1. The van der Waals surface area contributed by atoms with Crippen molar-refractivity contribution in [1.82, 2.24) is 14.6 Å². The summed E-state index contributed by atoms with van der Waals surface area (Å²) in [4.78, 5) is 37.7. The zero-order chi connectivity index (χ0) is 25.6. The maximum Gasteiger partial charge on any atom is 0.459 e. The van der Waals surface area contributed by atoms with Crippen LogP contribution in [0.1, 0.15) is 39.8 Å². The second kappa shape index (κ2) is 11.3. The molecule has 1 aromatic carbocycles. The number of hydrogen-bond acceptors (Lipinski definition) is 8. The van der Waals surface area contributed by atoms with Crippen molar-refractivity contribution in [3.05, 3.63) is 63.4 Å². The summed E-state index contributed by atoms with van der Waals surface area (Å²) in [5, 5.41) is 2.55. The number of aromatic amines is 1. The number of alkyl halides is 1. The molecule has 2 unspecified atom stereocenters. The summed E-state index contributed by atoms with van der Waals surface area (Å²) in [6.45, 7) is 4.37. The monoisotopic (exact) mass is 513 g/mol. The Morgan fingerprint density at radius 2 is 2.06 bits per heavy atom. The first-order valence-electron chi connectivity index (χ1n) is 11.1.